The molecule has 0 saturated heterocycles. The summed E-state index contributed by atoms with van der Waals surface area (Å²) in [6.45, 7) is 5.24. The van der Waals surface area contributed by atoms with Crippen molar-refractivity contribution >= 4 is 18.6 Å². The smallest absolute Gasteiger partial charge is 0.303 e. The zero-order valence-corrected chi connectivity index (χ0v) is 9.47. The van der Waals surface area contributed by atoms with Crippen LogP contribution in [0.2, 0.25) is 0 Å². The first-order chi connectivity index (χ1) is 6.50. The number of hydrogen-bond acceptors (Lipinski definition) is 3. The SMILES string of the molecule is CC(=O)OC(C)c1ccc(C)c(S)c1. The standard InChI is InChI=1S/C11H14O2S/c1-7-4-5-10(6-11(7)14)8(2)13-9(3)12/h4-6,8,14H,1-3H3. The van der Waals surface area contributed by atoms with Gasteiger partial charge in [0.25, 0.3) is 0 Å². The maximum absolute atomic E-state index is 10.7. The second-order valence-corrected chi connectivity index (χ2v) is 3.78. The molecular weight excluding hydrogens is 196 g/mol. The second-order valence-electron chi connectivity index (χ2n) is 3.30. The van der Waals surface area contributed by atoms with Crippen molar-refractivity contribution < 1.29 is 9.53 Å². The van der Waals surface area contributed by atoms with Gasteiger partial charge in [0.05, 0.1) is 0 Å². The molecule has 0 bridgehead atoms. The lowest BCUT2D eigenvalue weighted by Crippen LogP contribution is -2.04. The molecule has 0 N–H and O–H groups in total. The van der Waals surface area contributed by atoms with Crippen LogP contribution in [0.25, 0.3) is 0 Å². The molecule has 0 heterocycles. The fraction of sp³-hybridized carbons (Fsp3) is 0.364. The molecule has 1 aromatic rings. The number of ether oxygens (including phenoxy) is 1. The third-order valence-corrected chi connectivity index (χ3v) is 2.53. The number of benzene rings is 1. The lowest BCUT2D eigenvalue weighted by Gasteiger charge is -2.13. The van der Waals surface area contributed by atoms with E-state index < -0.39 is 0 Å². The van der Waals surface area contributed by atoms with Crippen LogP contribution >= 0.6 is 12.6 Å². The Bertz CT molecular complexity index is 347. The van der Waals surface area contributed by atoms with Gasteiger partial charge in [0, 0.05) is 11.8 Å². The minimum Gasteiger partial charge on any atom is -0.458 e. The molecule has 1 rings (SSSR count). The van der Waals surface area contributed by atoms with E-state index in [9.17, 15) is 4.79 Å². The Labute approximate surface area is 89.7 Å². The van der Waals surface area contributed by atoms with Crippen molar-refractivity contribution in [3.63, 3.8) is 0 Å². The number of carbonyl (C=O) groups excluding carboxylic acids is 1. The van der Waals surface area contributed by atoms with Crippen LogP contribution in [-0.4, -0.2) is 5.97 Å². The van der Waals surface area contributed by atoms with Crippen LogP contribution in [0.15, 0.2) is 23.1 Å². The Morgan fingerprint density at radius 2 is 2.14 bits per heavy atom. The molecule has 1 atom stereocenters. The van der Waals surface area contributed by atoms with Gasteiger partial charge in [0.1, 0.15) is 6.10 Å². The first-order valence-electron chi connectivity index (χ1n) is 4.47. The molecule has 0 radical (unpaired) electrons. The highest BCUT2D eigenvalue weighted by Gasteiger charge is 2.08. The van der Waals surface area contributed by atoms with Gasteiger partial charge in [-0.2, -0.15) is 0 Å². The highest BCUT2D eigenvalue weighted by atomic mass is 32.1. The molecule has 1 unspecified atom stereocenters. The van der Waals surface area contributed by atoms with Crippen molar-refractivity contribution in [2.45, 2.75) is 31.8 Å². The number of thiol groups is 1. The van der Waals surface area contributed by atoms with Crippen LogP contribution in [0, 0.1) is 6.92 Å². The highest BCUT2D eigenvalue weighted by molar-refractivity contribution is 7.80. The van der Waals surface area contributed by atoms with Gasteiger partial charge in [0.15, 0.2) is 0 Å². The number of hydrogen-bond donors (Lipinski definition) is 1. The summed E-state index contributed by atoms with van der Waals surface area (Å²) in [5, 5.41) is 0. The lowest BCUT2D eigenvalue weighted by atomic mass is 10.1. The third-order valence-electron chi connectivity index (χ3n) is 2.05. The van der Waals surface area contributed by atoms with E-state index in [-0.39, 0.29) is 12.1 Å². The van der Waals surface area contributed by atoms with Crippen molar-refractivity contribution in [3.8, 4) is 0 Å². The molecule has 3 heteroatoms. The molecule has 0 fully saturated rings. The fourth-order valence-corrected chi connectivity index (χ4v) is 1.42. The summed E-state index contributed by atoms with van der Waals surface area (Å²) in [5.41, 5.74) is 2.09. The number of esters is 1. The van der Waals surface area contributed by atoms with E-state index in [4.69, 9.17) is 4.74 Å². The van der Waals surface area contributed by atoms with Crippen LogP contribution in [0.3, 0.4) is 0 Å². The predicted octanol–water partition coefficient (Wildman–Crippen LogP) is 2.91. The quantitative estimate of drug-likeness (QED) is 0.600. The van der Waals surface area contributed by atoms with E-state index in [0.717, 1.165) is 16.0 Å². The summed E-state index contributed by atoms with van der Waals surface area (Å²) < 4.78 is 5.06. The molecule has 0 aromatic heterocycles. The summed E-state index contributed by atoms with van der Waals surface area (Å²) >= 11 is 4.31. The summed E-state index contributed by atoms with van der Waals surface area (Å²) in [6.07, 6.45) is -0.209. The summed E-state index contributed by atoms with van der Waals surface area (Å²) in [7, 11) is 0. The Morgan fingerprint density at radius 1 is 1.50 bits per heavy atom. The number of carbonyl (C=O) groups is 1. The Kier molecular flexibility index (Phi) is 3.58. The average Bonchev–Trinajstić information content (AvgIpc) is 2.08. The maximum atomic E-state index is 10.7. The van der Waals surface area contributed by atoms with Crippen molar-refractivity contribution in [1.82, 2.24) is 0 Å². The third kappa shape index (κ3) is 2.77. The van der Waals surface area contributed by atoms with Gasteiger partial charge in [-0.15, -0.1) is 12.6 Å². The van der Waals surface area contributed by atoms with Gasteiger partial charge < -0.3 is 4.74 Å². The normalized spacial score (nSPS) is 12.3. The second kappa shape index (κ2) is 4.51. The first-order valence-corrected chi connectivity index (χ1v) is 4.92. The highest BCUT2D eigenvalue weighted by Crippen LogP contribution is 2.22. The Hall–Kier alpha value is -0.960. The van der Waals surface area contributed by atoms with Crippen molar-refractivity contribution in [3.05, 3.63) is 29.3 Å². The molecule has 2 nitrogen and oxygen atoms in total. The molecule has 76 valence electrons. The Morgan fingerprint density at radius 3 is 2.64 bits per heavy atom. The first kappa shape index (κ1) is 11.1. The number of aryl methyl sites for hydroxylation is 1. The van der Waals surface area contributed by atoms with E-state index in [1.54, 1.807) is 0 Å². The van der Waals surface area contributed by atoms with Gasteiger partial charge in [-0.1, -0.05) is 12.1 Å². The maximum Gasteiger partial charge on any atom is 0.303 e. The zero-order valence-electron chi connectivity index (χ0n) is 8.57. The summed E-state index contributed by atoms with van der Waals surface area (Å²) in [4.78, 5) is 11.7. The van der Waals surface area contributed by atoms with Gasteiger partial charge in [0.2, 0.25) is 0 Å². The molecular formula is C11H14O2S. The number of rotatable bonds is 2. The van der Waals surface area contributed by atoms with Crippen LogP contribution in [0.5, 0.6) is 0 Å². The van der Waals surface area contributed by atoms with Crippen molar-refractivity contribution in [2.24, 2.45) is 0 Å². The molecule has 0 amide bonds. The van der Waals surface area contributed by atoms with Gasteiger partial charge in [-0.25, -0.2) is 0 Å². The lowest BCUT2D eigenvalue weighted by molar-refractivity contribution is -0.145. The van der Waals surface area contributed by atoms with E-state index >= 15 is 0 Å². The fourth-order valence-electron chi connectivity index (χ4n) is 1.20. The summed E-state index contributed by atoms with van der Waals surface area (Å²) in [5.74, 6) is -0.265. The van der Waals surface area contributed by atoms with Gasteiger partial charge in [-0.05, 0) is 31.0 Å². The van der Waals surface area contributed by atoms with Crippen molar-refractivity contribution in [2.75, 3.05) is 0 Å². The van der Waals surface area contributed by atoms with E-state index in [1.165, 1.54) is 6.92 Å². The minimum absolute atomic E-state index is 0.209. The van der Waals surface area contributed by atoms with Crippen LogP contribution in [-0.2, 0) is 9.53 Å². The average molecular weight is 210 g/mol. The van der Waals surface area contributed by atoms with Gasteiger partial charge >= 0.3 is 5.97 Å². The molecule has 0 aliphatic carbocycles. The molecule has 0 spiro atoms. The Balaban J connectivity index is 2.85. The molecule has 1 aromatic carbocycles. The van der Waals surface area contributed by atoms with Crippen LogP contribution in [0.1, 0.15) is 31.1 Å². The zero-order chi connectivity index (χ0) is 10.7. The molecule has 0 aliphatic heterocycles. The van der Waals surface area contributed by atoms with Gasteiger partial charge in [-0.3, -0.25) is 4.79 Å². The van der Waals surface area contributed by atoms with Crippen LogP contribution in [0.4, 0.5) is 0 Å². The monoisotopic (exact) mass is 210 g/mol. The minimum atomic E-state index is -0.265. The summed E-state index contributed by atoms with van der Waals surface area (Å²) in [6, 6.07) is 5.84. The van der Waals surface area contributed by atoms with E-state index in [0.29, 0.717) is 0 Å². The molecule has 0 saturated carbocycles. The predicted molar refractivity (Wildman–Crippen MR) is 58.6 cm³/mol. The molecule has 0 aliphatic rings. The largest absolute Gasteiger partial charge is 0.458 e. The van der Waals surface area contributed by atoms with E-state index in [2.05, 4.69) is 12.6 Å². The van der Waals surface area contributed by atoms with Crippen LogP contribution < -0.4 is 0 Å². The van der Waals surface area contributed by atoms with Crippen molar-refractivity contribution in [1.29, 1.82) is 0 Å². The topological polar surface area (TPSA) is 26.3 Å². The van der Waals surface area contributed by atoms with E-state index in [1.807, 2.05) is 32.0 Å². The molecule has 14 heavy (non-hydrogen) atoms.